The Kier molecular flexibility index (Phi) is 6.27. The third-order valence-corrected chi connectivity index (χ3v) is 6.40. The minimum Gasteiger partial charge on any atom is -0.510 e. The van der Waals surface area contributed by atoms with Crippen LogP contribution in [0.2, 0.25) is 0 Å². The van der Waals surface area contributed by atoms with Gasteiger partial charge in [-0.1, -0.05) is 40.7 Å². The van der Waals surface area contributed by atoms with Gasteiger partial charge in [-0.3, -0.25) is 0 Å². The van der Waals surface area contributed by atoms with Crippen LogP contribution in [0.3, 0.4) is 0 Å². The minimum absolute atomic E-state index is 0. The summed E-state index contributed by atoms with van der Waals surface area (Å²) in [5.74, 6) is 2.20. The van der Waals surface area contributed by atoms with Crippen molar-refractivity contribution >= 4 is 37.2 Å². The Bertz CT molecular complexity index is 1490. The van der Waals surface area contributed by atoms with E-state index in [1.54, 1.807) is 23.6 Å². The summed E-state index contributed by atoms with van der Waals surface area (Å²) in [6, 6.07) is 28.2. The fourth-order valence-electron chi connectivity index (χ4n) is 3.73. The maximum atomic E-state index is 6.23. The van der Waals surface area contributed by atoms with E-state index in [0.29, 0.717) is 23.1 Å². The molecular formula is C27H18N3O2PtS-3. The van der Waals surface area contributed by atoms with Crippen molar-refractivity contribution < 1.29 is 30.5 Å². The van der Waals surface area contributed by atoms with E-state index in [-0.39, 0.29) is 21.1 Å². The molecule has 7 heteroatoms. The zero-order chi connectivity index (χ0) is 22.2. The van der Waals surface area contributed by atoms with Crippen molar-refractivity contribution in [2.24, 2.45) is 0 Å². The third-order valence-electron chi connectivity index (χ3n) is 5.21. The van der Waals surface area contributed by atoms with Crippen molar-refractivity contribution in [1.82, 2.24) is 9.88 Å². The van der Waals surface area contributed by atoms with E-state index >= 15 is 0 Å². The molecule has 0 atom stereocenters. The molecule has 3 heterocycles. The van der Waals surface area contributed by atoms with Gasteiger partial charge in [-0.05, 0) is 37.0 Å². The number of benzene rings is 3. The molecule has 0 bridgehead atoms. The molecule has 0 radical (unpaired) electrons. The van der Waals surface area contributed by atoms with Crippen LogP contribution in [0.25, 0.3) is 20.2 Å². The first-order valence-electron chi connectivity index (χ1n) is 10.4. The molecule has 5 nitrogen and oxygen atoms in total. The molecule has 0 N–H and O–H groups in total. The molecule has 0 saturated heterocycles. The molecule has 0 spiro atoms. The van der Waals surface area contributed by atoms with Gasteiger partial charge in [0.25, 0.3) is 0 Å². The van der Waals surface area contributed by atoms with Gasteiger partial charge in [-0.15, -0.1) is 29.7 Å². The molecule has 172 valence electrons. The second-order valence-electron chi connectivity index (χ2n) is 7.56. The number of nitrogens with zero attached hydrogens (tertiary/aromatic N) is 3. The van der Waals surface area contributed by atoms with Crippen molar-refractivity contribution in [3.63, 3.8) is 0 Å². The van der Waals surface area contributed by atoms with E-state index in [1.807, 2.05) is 67.4 Å². The molecular weight excluding hydrogens is 625 g/mol. The Morgan fingerprint density at radius 1 is 0.853 bits per heavy atom. The summed E-state index contributed by atoms with van der Waals surface area (Å²) in [5.41, 5.74) is 0.949. The number of anilines is 1. The fourth-order valence-corrected chi connectivity index (χ4v) is 4.92. The SMILES string of the molecule is CN1C=CN(c2[c-]c(Oc3[c-]c(Oc4ccccn4)ccc3)cc3c2sc2ccccc23)[CH-]1.[Pt]. The predicted molar refractivity (Wildman–Crippen MR) is 132 cm³/mol. The van der Waals surface area contributed by atoms with Gasteiger partial charge < -0.3 is 19.3 Å². The molecule has 1 aliphatic heterocycles. The topological polar surface area (TPSA) is 37.8 Å². The number of fused-ring (bicyclic) bond motifs is 3. The Hall–Kier alpha value is -3.34. The molecule has 0 unspecified atom stereocenters. The van der Waals surface area contributed by atoms with E-state index in [0.717, 1.165) is 15.8 Å². The first kappa shape index (κ1) is 22.5. The number of hydrogen-bond donors (Lipinski definition) is 0. The van der Waals surface area contributed by atoms with Crippen LogP contribution in [-0.2, 0) is 21.1 Å². The average molecular weight is 644 g/mol. The van der Waals surface area contributed by atoms with E-state index in [9.17, 15) is 0 Å². The third kappa shape index (κ3) is 4.39. The van der Waals surface area contributed by atoms with Crippen LogP contribution >= 0.6 is 11.3 Å². The van der Waals surface area contributed by atoms with Gasteiger partial charge in [0.1, 0.15) is 0 Å². The maximum absolute atomic E-state index is 6.23. The van der Waals surface area contributed by atoms with E-state index in [4.69, 9.17) is 9.47 Å². The van der Waals surface area contributed by atoms with Crippen molar-refractivity contribution in [3.05, 3.63) is 104 Å². The number of thiophene rings is 1. The maximum Gasteiger partial charge on any atom is 0.216 e. The molecule has 0 saturated carbocycles. The zero-order valence-electron chi connectivity index (χ0n) is 18.0. The molecule has 3 aromatic carbocycles. The van der Waals surface area contributed by atoms with Crippen molar-refractivity contribution in [3.8, 4) is 23.1 Å². The summed E-state index contributed by atoms with van der Waals surface area (Å²) in [4.78, 5) is 8.27. The van der Waals surface area contributed by atoms with Crippen molar-refractivity contribution in [1.29, 1.82) is 0 Å². The van der Waals surface area contributed by atoms with Gasteiger partial charge >= 0.3 is 0 Å². The van der Waals surface area contributed by atoms with Crippen LogP contribution in [0.1, 0.15) is 0 Å². The second-order valence-corrected chi connectivity index (χ2v) is 8.61. The second kappa shape index (κ2) is 9.49. The number of aromatic nitrogens is 1. The van der Waals surface area contributed by atoms with E-state index in [2.05, 4.69) is 46.3 Å². The number of pyridine rings is 1. The zero-order valence-corrected chi connectivity index (χ0v) is 21.1. The molecule has 0 fully saturated rings. The summed E-state index contributed by atoms with van der Waals surface area (Å²) in [6.45, 7) is 2.02. The average Bonchev–Trinajstić information content (AvgIpc) is 3.43. The molecule has 1 aliphatic rings. The van der Waals surface area contributed by atoms with Gasteiger partial charge in [-0.2, -0.15) is 12.7 Å². The molecule has 6 rings (SSSR count). The first-order valence-corrected chi connectivity index (χ1v) is 11.2. The molecule has 2 aromatic heterocycles. The minimum atomic E-state index is 0. The number of rotatable bonds is 5. The summed E-state index contributed by atoms with van der Waals surface area (Å²) in [7, 11) is 2.00. The standard InChI is InChI=1S/C27H18N3O2S.Pt/c1-29-13-14-30(18-29)24-17-21(16-23-22-9-2-3-10-25(22)33-27(23)24)31-19-7-6-8-20(15-19)32-26-11-4-5-12-28-26;/h2-14,16,18H,1H3;/q-3;. The Labute approximate surface area is 216 Å². The van der Waals surface area contributed by atoms with Crippen LogP contribution < -0.4 is 14.4 Å². The first-order chi connectivity index (χ1) is 16.2. The van der Waals surface area contributed by atoms with Gasteiger partial charge in [0.15, 0.2) is 0 Å². The largest absolute Gasteiger partial charge is 0.510 e. The Morgan fingerprint density at radius 2 is 1.68 bits per heavy atom. The van der Waals surface area contributed by atoms with Crippen LogP contribution in [-0.4, -0.2) is 16.9 Å². The van der Waals surface area contributed by atoms with Gasteiger partial charge in [0.05, 0.1) is 0 Å². The van der Waals surface area contributed by atoms with E-state index < -0.39 is 0 Å². The molecule has 5 aromatic rings. The van der Waals surface area contributed by atoms with Crippen molar-refractivity contribution in [2.75, 3.05) is 11.9 Å². The summed E-state index contributed by atoms with van der Waals surface area (Å²) < 4.78 is 14.4. The fraction of sp³-hybridized carbons (Fsp3) is 0.0370. The molecule has 34 heavy (non-hydrogen) atoms. The monoisotopic (exact) mass is 643 g/mol. The molecule has 0 amide bonds. The summed E-state index contributed by atoms with van der Waals surface area (Å²) >= 11 is 1.76. The predicted octanol–water partition coefficient (Wildman–Crippen LogP) is 6.97. The summed E-state index contributed by atoms with van der Waals surface area (Å²) in [5, 5.41) is 2.34. The van der Waals surface area contributed by atoms with Crippen molar-refractivity contribution in [2.45, 2.75) is 0 Å². The number of hydrogen-bond acceptors (Lipinski definition) is 6. The van der Waals surface area contributed by atoms with Gasteiger partial charge in [-0.25, -0.2) is 16.3 Å². The normalized spacial score (nSPS) is 12.9. The Morgan fingerprint density at radius 3 is 2.47 bits per heavy atom. The van der Waals surface area contributed by atoms with Crippen LogP contribution in [0.4, 0.5) is 5.69 Å². The van der Waals surface area contributed by atoms with Gasteiger partial charge in [0, 0.05) is 55.3 Å². The van der Waals surface area contributed by atoms with E-state index in [1.165, 1.54) is 10.1 Å². The van der Waals surface area contributed by atoms with Crippen LogP contribution in [0.15, 0.2) is 85.3 Å². The smallest absolute Gasteiger partial charge is 0.216 e. The van der Waals surface area contributed by atoms with Gasteiger partial charge in [0.2, 0.25) is 5.88 Å². The van der Waals surface area contributed by atoms with Crippen LogP contribution in [0.5, 0.6) is 23.1 Å². The summed E-state index contributed by atoms with van der Waals surface area (Å²) in [6.07, 6.45) is 5.72. The molecule has 0 aliphatic carbocycles. The Balaban J connectivity index is 0.00000241. The quantitative estimate of drug-likeness (QED) is 0.194. The number of ether oxygens (including phenoxy) is 2. The van der Waals surface area contributed by atoms with Crippen LogP contribution in [0, 0.1) is 18.8 Å².